The van der Waals surface area contributed by atoms with Crippen LogP contribution >= 0.6 is 0 Å². The third-order valence-corrected chi connectivity index (χ3v) is 6.88. The molecule has 0 aromatic heterocycles. The van der Waals surface area contributed by atoms with Crippen LogP contribution in [0.25, 0.3) is 0 Å². The van der Waals surface area contributed by atoms with Crippen LogP contribution in [0.15, 0.2) is 54.6 Å². The molecule has 7 heteroatoms. The number of amides is 3. The van der Waals surface area contributed by atoms with Crippen molar-refractivity contribution in [3.8, 4) is 0 Å². The first kappa shape index (κ1) is 20.0. The highest BCUT2D eigenvalue weighted by atomic mass is 19.1. The van der Waals surface area contributed by atoms with Gasteiger partial charge in [-0.2, -0.15) is 0 Å². The van der Waals surface area contributed by atoms with Crippen molar-refractivity contribution in [1.82, 2.24) is 9.80 Å². The molecule has 3 amide bonds. The lowest BCUT2D eigenvalue weighted by atomic mass is 9.60. The quantitative estimate of drug-likeness (QED) is 0.776. The van der Waals surface area contributed by atoms with Crippen LogP contribution in [-0.4, -0.2) is 58.1 Å². The number of aliphatic hydroxyl groups excluding tert-OH is 1. The van der Waals surface area contributed by atoms with E-state index in [1.807, 2.05) is 35.2 Å². The van der Waals surface area contributed by atoms with Gasteiger partial charge in [0.15, 0.2) is 0 Å². The van der Waals surface area contributed by atoms with Crippen LogP contribution in [0.2, 0.25) is 0 Å². The number of rotatable bonds is 5. The first-order valence-electron chi connectivity index (χ1n) is 10.8. The normalized spacial score (nSPS) is 23.8. The highest BCUT2D eigenvalue weighted by molar-refractivity contribution is 5.91. The fourth-order valence-electron chi connectivity index (χ4n) is 5.25. The predicted molar refractivity (Wildman–Crippen MR) is 114 cm³/mol. The number of aliphatic hydroxyl groups is 1. The third-order valence-electron chi connectivity index (χ3n) is 6.88. The van der Waals surface area contributed by atoms with Gasteiger partial charge in [0, 0.05) is 25.4 Å². The first-order valence-corrected chi connectivity index (χ1v) is 10.8. The van der Waals surface area contributed by atoms with E-state index in [2.05, 4.69) is 5.32 Å². The molecule has 0 bridgehead atoms. The number of carbonyl (C=O) groups is 2. The summed E-state index contributed by atoms with van der Waals surface area (Å²) in [5.41, 5.74) is 0.676. The van der Waals surface area contributed by atoms with Gasteiger partial charge in [-0.1, -0.05) is 42.5 Å². The molecule has 2 heterocycles. The second-order valence-corrected chi connectivity index (χ2v) is 8.92. The summed E-state index contributed by atoms with van der Waals surface area (Å²) in [7, 11) is 0. The molecule has 3 fully saturated rings. The van der Waals surface area contributed by atoms with Crippen LogP contribution in [0.3, 0.4) is 0 Å². The Balaban J connectivity index is 1.37. The first-order chi connectivity index (χ1) is 15.0. The second kappa shape index (κ2) is 7.64. The van der Waals surface area contributed by atoms with Crippen LogP contribution in [0, 0.1) is 11.7 Å². The summed E-state index contributed by atoms with van der Waals surface area (Å²) in [4.78, 5) is 29.3. The molecule has 2 aromatic rings. The molecule has 3 aliphatic rings. The van der Waals surface area contributed by atoms with Crippen molar-refractivity contribution in [2.24, 2.45) is 5.92 Å². The standard InChI is InChI=1S/C24H26FN3O3/c25-18-8-4-5-9-19(18)26-23(31)27-14-24(15-27)22(17-6-2-1-3-7-17)20(13-29)28(24)21(30)12-16-10-11-16/h1-9,16,20,22,29H,10-15H2,(H,26,31)/t20-,22-/m1/s1. The van der Waals surface area contributed by atoms with Gasteiger partial charge in [0.2, 0.25) is 5.91 Å². The summed E-state index contributed by atoms with van der Waals surface area (Å²) in [6.07, 6.45) is 2.66. The van der Waals surface area contributed by atoms with E-state index in [0.717, 1.165) is 18.4 Å². The Kier molecular flexibility index (Phi) is 4.93. The molecule has 2 saturated heterocycles. The van der Waals surface area contributed by atoms with Crippen molar-refractivity contribution in [3.63, 3.8) is 0 Å². The van der Waals surface area contributed by atoms with Crippen LogP contribution in [0.1, 0.15) is 30.7 Å². The van der Waals surface area contributed by atoms with Crippen molar-refractivity contribution in [1.29, 1.82) is 0 Å². The molecule has 0 radical (unpaired) electrons. The average molecular weight is 423 g/mol. The van der Waals surface area contributed by atoms with E-state index in [4.69, 9.17) is 0 Å². The molecule has 2 aromatic carbocycles. The largest absolute Gasteiger partial charge is 0.394 e. The minimum absolute atomic E-state index is 0.0423. The predicted octanol–water partition coefficient (Wildman–Crippen LogP) is 3.20. The number of carbonyl (C=O) groups excluding carboxylic acids is 2. The Labute approximate surface area is 180 Å². The molecule has 1 aliphatic carbocycles. The lowest BCUT2D eigenvalue weighted by molar-refractivity contribution is -0.193. The zero-order valence-electron chi connectivity index (χ0n) is 17.2. The number of nitrogens with one attached hydrogen (secondary N) is 1. The molecular formula is C24H26FN3O3. The summed E-state index contributed by atoms with van der Waals surface area (Å²) < 4.78 is 13.9. The second-order valence-electron chi connectivity index (χ2n) is 8.92. The number of halogens is 1. The van der Waals surface area contributed by atoms with Crippen molar-refractivity contribution in [2.45, 2.75) is 36.8 Å². The van der Waals surface area contributed by atoms with E-state index in [1.54, 1.807) is 17.0 Å². The lowest BCUT2D eigenvalue weighted by Crippen LogP contribution is -2.86. The number of para-hydroxylation sites is 1. The minimum atomic E-state index is -0.521. The highest BCUT2D eigenvalue weighted by Crippen LogP contribution is 2.54. The molecule has 31 heavy (non-hydrogen) atoms. The lowest BCUT2D eigenvalue weighted by Gasteiger charge is -2.70. The maximum absolute atomic E-state index is 13.9. The van der Waals surface area contributed by atoms with E-state index in [9.17, 15) is 19.1 Å². The van der Waals surface area contributed by atoms with Crippen molar-refractivity contribution >= 4 is 17.6 Å². The summed E-state index contributed by atoms with van der Waals surface area (Å²) in [5.74, 6) is -0.0269. The molecule has 2 N–H and O–H groups in total. The minimum Gasteiger partial charge on any atom is -0.394 e. The fraction of sp³-hybridized carbons (Fsp3) is 0.417. The summed E-state index contributed by atoms with van der Waals surface area (Å²) in [6, 6.07) is 15.3. The maximum atomic E-state index is 13.9. The van der Waals surface area contributed by atoms with Gasteiger partial charge in [-0.3, -0.25) is 4.79 Å². The zero-order chi connectivity index (χ0) is 21.6. The SMILES string of the molecule is O=C(Nc1ccccc1F)N1CC2(C1)[C@H](c1ccccc1)[C@@H](CO)N2C(=O)CC1CC1. The molecule has 1 saturated carbocycles. The number of urea groups is 1. The Morgan fingerprint density at radius 3 is 2.39 bits per heavy atom. The van der Waals surface area contributed by atoms with E-state index < -0.39 is 11.4 Å². The van der Waals surface area contributed by atoms with Crippen LogP contribution in [0.5, 0.6) is 0 Å². The molecule has 5 rings (SSSR count). The molecule has 2 atom stereocenters. The van der Waals surface area contributed by atoms with Gasteiger partial charge in [-0.25, -0.2) is 9.18 Å². The molecule has 1 spiro atoms. The number of anilines is 1. The van der Waals surface area contributed by atoms with E-state index in [-0.39, 0.29) is 36.2 Å². The van der Waals surface area contributed by atoms with Crippen LogP contribution < -0.4 is 5.32 Å². The zero-order valence-corrected chi connectivity index (χ0v) is 17.2. The topological polar surface area (TPSA) is 72.9 Å². The number of hydrogen-bond acceptors (Lipinski definition) is 3. The van der Waals surface area contributed by atoms with Gasteiger partial charge in [0.25, 0.3) is 0 Å². The van der Waals surface area contributed by atoms with Gasteiger partial charge in [-0.05, 0) is 36.5 Å². The number of likely N-dealkylation sites (tertiary alicyclic amines) is 2. The smallest absolute Gasteiger partial charge is 0.322 e. The van der Waals surface area contributed by atoms with E-state index in [1.165, 1.54) is 12.1 Å². The molecule has 162 valence electrons. The monoisotopic (exact) mass is 423 g/mol. The van der Waals surface area contributed by atoms with Gasteiger partial charge >= 0.3 is 6.03 Å². The van der Waals surface area contributed by atoms with Gasteiger partial charge in [-0.15, -0.1) is 0 Å². The summed E-state index contributed by atoms with van der Waals surface area (Å²) in [6.45, 7) is 0.610. The van der Waals surface area contributed by atoms with Crippen LogP contribution in [0.4, 0.5) is 14.9 Å². The number of nitrogens with zero attached hydrogens (tertiary/aromatic N) is 2. The number of benzene rings is 2. The van der Waals surface area contributed by atoms with Gasteiger partial charge < -0.3 is 20.2 Å². The summed E-state index contributed by atoms with van der Waals surface area (Å²) >= 11 is 0. The Morgan fingerprint density at radius 2 is 1.74 bits per heavy atom. The Bertz CT molecular complexity index is 989. The maximum Gasteiger partial charge on any atom is 0.322 e. The average Bonchev–Trinajstić information content (AvgIpc) is 3.53. The molecular weight excluding hydrogens is 397 g/mol. The Morgan fingerprint density at radius 1 is 1.06 bits per heavy atom. The Hall–Kier alpha value is -2.93. The molecule has 0 unspecified atom stereocenters. The fourth-order valence-corrected chi connectivity index (χ4v) is 5.25. The van der Waals surface area contributed by atoms with E-state index in [0.29, 0.717) is 25.4 Å². The summed E-state index contributed by atoms with van der Waals surface area (Å²) in [5, 5.41) is 12.7. The van der Waals surface area contributed by atoms with Crippen LogP contribution in [-0.2, 0) is 4.79 Å². The van der Waals surface area contributed by atoms with E-state index >= 15 is 0 Å². The third kappa shape index (κ3) is 3.37. The van der Waals surface area contributed by atoms with Gasteiger partial charge in [0.1, 0.15) is 5.82 Å². The van der Waals surface area contributed by atoms with Crippen molar-refractivity contribution in [3.05, 3.63) is 66.0 Å². The highest BCUT2D eigenvalue weighted by Gasteiger charge is 2.68. The van der Waals surface area contributed by atoms with Gasteiger partial charge in [0.05, 0.1) is 23.9 Å². The van der Waals surface area contributed by atoms with Crippen molar-refractivity contribution in [2.75, 3.05) is 25.0 Å². The van der Waals surface area contributed by atoms with Crippen molar-refractivity contribution < 1.29 is 19.1 Å². The number of hydrogen-bond donors (Lipinski definition) is 2. The molecule has 6 nitrogen and oxygen atoms in total. The molecule has 2 aliphatic heterocycles.